The van der Waals surface area contributed by atoms with Crippen molar-refractivity contribution in [2.45, 2.75) is 37.2 Å². The summed E-state index contributed by atoms with van der Waals surface area (Å²) in [5, 5.41) is 9.08. The van der Waals surface area contributed by atoms with Gasteiger partial charge in [-0.25, -0.2) is 9.89 Å². The number of ether oxygens (including phenoxy) is 1. The van der Waals surface area contributed by atoms with Gasteiger partial charge in [0.25, 0.3) is 0 Å². The van der Waals surface area contributed by atoms with Gasteiger partial charge in [-0.15, -0.1) is 5.10 Å². The fourth-order valence-electron chi connectivity index (χ4n) is 2.30. The van der Waals surface area contributed by atoms with E-state index in [0.717, 1.165) is 0 Å². The van der Waals surface area contributed by atoms with E-state index in [4.69, 9.17) is 4.74 Å². The zero-order valence-corrected chi connectivity index (χ0v) is 15.8. The molecule has 1 aromatic heterocycles. The summed E-state index contributed by atoms with van der Waals surface area (Å²) in [6, 6.07) is 6.84. The number of carbonyl (C=O) groups is 2. The Morgan fingerprint density at radius 1 is 1.38 bits per heavy atom. The number of amides is 1. The second-order valence-corrected chi connectivity index (χ2v) is 6.97. The number of nitrogens with one attached hydrogen (secondary N) is 2. The Kier molecular flexibility index (Phi) is 7.16. The molecule has 0 aliphatic heterocycles. The number of methoxy groups -OCH3 is 1. The number of hydrogen-bond donors (Lipinski definition) is 2. The zero-order chi connectivity index (χ0) is 19.1. The largest absolute Gasteiger partial charge is 0.385 e. The van der Waals surface area contributed by atoms with Gasteiger partial charge in [-0.05, 0) is 32.4 Å². The van der Waals surface area contributed by atoms with Crippen LogP contribution in [0.5, 0.6) is 0 Å². The van der Waals surface area contributed by atoms with E-state index in [-0.39, 0.29) is 17.4 Å². The molecule has 0 aliphatic rings. The Labute approximate surface area is 155 Å². The van der Waals surface area contributed by atoms with Gasteiger partial charge in [-0.3, -0.25) is 14.2 Å². The molecule has 1 amide bonds. The Hall–Kier alpha value is -2.39. The molecule has 0 fully saturated rings. The molecule has 1 heterocycles. The van der Waals surface area contributed by atoms with Crippen LogP contribution in [0.15, 0.2) is 34.2 Å². The van der Waals surface area contributed by atoms with Gasteiger partial charge >= 0.3 is 5.69 Å². The highest BCUT2D eigenvalue weighted by atomic mass is 32.2. The maximum atomic E-state index is 12.5. The Morgan fingerprint density at radius 2 is 2.12 bits per heavy atom. The van der Waals surface area contributed by atoms with Crippen LogP contribution < -0.4 is 11.0 Å². The topological polar surface area (TPSA) is 106 Å². The van der Waals surface area contributed by atoms with Gasteiger partial charge in [0.15, 0.2) is 10.9 Å². The van der Waals surface area contributed by atoms with Crippen molar-refractivity contribution in [1.29, 1.82) is 0 Å². The van der Waals surface area contributed by atoms with E-state index in [2.05, 4.69) is 15.5 Å². The van der Waals surface area contributed by atoms with E-state index in [0.29, 0.717) is 36.0 Å². The quantitative estimate of drug-likeness (QED) is 0.392. The lowest BCUT2D eigenvalue weighted by Gasteiger charge is -2.13. The van der Waals surface area contributed by atoms with E-state index in [1.807, 2.05) is 0 Å². The minimum absolute atomic E-state index is 0.125. The number of anilines is 1. The summed E-state index contributed by atoms with van der Waals surface area (Å²) in [5.74, 6) is -0.400. The number of Topliss-reactive ketones (excluding diaryl/α,β-unsaturated/α-hetero) is 1. The van der Waals surface area contributed by atoms with Crippen LogP contribution in [0.2, 0.25) is 0 Å². The first-order valence-corrected chi connectivity index (χ1v) is 9.03. The molecular formula is C17H22N4O4S. The summed E-state index contributed by atoms with van der Waals surface area (Å²) in [4.78, 5) is 36.0. The number of thioether (sulfide) groups is 1. The summed E-state index contributed by atoms with van der Waals surface area (Å²) < 4.78 is 6.47. The number of carbonyl (C=O) groups excluding carboxylic acids is 2. The molecule has 2 aromatic rings. The first-order chi connectivity index (χ1) is 12.4. The monoisotopic (exact) mass is 378 g/mol. The number of hydrogen-bond acceptors (Lipinski definition) is 6. The molecule has 26 heavy (non-hydrogen) atoms. The van der Waals surface area contributed by atoms with E-state index in [1.165, 1.54) is 23.3 Å². The smallest absolute Gasteiger partial charge is 0.343 e. The molecule has 0 radical (unpaired) electrons. The molecule has 8 nitrogen and oxygen atoms in total. The fourth-order valence-corrected chi connectivity index (χ4v) is 3.18. The predicted octanol–water partition coefficient (Wildman–Crippen LogP) is 1.93. The SMILES string of the molecule is COCCCn1c(SC(C)C(=O)Nc2ccccc2C(C)=O)n[nH]c1=O. The molecule has 0 saturated heterocycles. The van der Waals surface area contributed by atoms with Crippen molar-refractivity contribution in [3.63, 3.8) is 0 Å². The van der Waals surface area contributed by atoms with Crippen LogP contribution in [-0.2, 0) is 16.1 Å². The Bertz CT molecular complexity index is 830. The zero-order valence-electron chi connectivity index (χ0n) is 14.9. The molecule has 1 aromatic carbocycles. The summed E-state index contributed by atoms with van der Waals surface area (Å²) in [7, 11) is 1.60. The van der Waals surface area contributed by atoms with E-state index in [1.54, 1.807) is 38.3 Å². The fraction of sp³-hybridized carbons (Fsp3) is 0.412. The van der Waals surface area contributed by atoms with Crippen LogP contribution in [0.25, 0.3) is 0 Å². The predicted molar refractivity (Wildman–Crippen MR) is 99.7 cm³/mol. The van der Waals surface area contributed by atoms with E-state index < -0.39 is 5.25 Å². The lowest BCUT2D eigenvalue weighted by Crippen LogP contribution is -2.25. The number of rotatable bonds is 9. The van der Waals surface area contributed by atoms with Gasteiger partial charge in [-0.1, -0.05) is 23.9 Å². The second kappa shape index (κ2) is 9.35. The summed E-state index contributed by atoms with van der Waals surface area (Å²) in [5.41, 5.74) is 0.601. The molecule has 0 bridgehead atoms. The minimum Gasteiger partial charge on any atom is -0.385 e. The molecule has 0 aliphatic carbocycles. The normalized spacial score (nSPS) is 12.0. The van der Waals surface area contributed by atoms with Crippen LogP contribution in [0.1, 0.15) is 30.6 Å². The van der Waals surface area contributed by atoms with Crippen LogP contribution in [-0.4, -0.2) is 45.4 Å². The van der Waals surface area contributed by atoms with Crippen molar-refractivity contribution < 1.29 is 14.3 Å². The summed E-state index contributed by atoms with van der Waals surface area (Å²) in [6.07, 6.45) is 0.663. The number of aromatic amines is 1. The number of aromatic nitrogens is 3. The van der Waals surface area contributed by atoms with E-state index >= 15 is 0 Å². The molecule has 0 saturated carbocycles. The summed E-state index contributed by atoms with van der Waals surface area (Å²) >= 11 is 1.17. The highest BCUT2D eigenvalue weighted by molar-refractivity contribution is 8.00. The summed E-state index contributed by atoms with van der Waals surface area (Å²) in [6.45, 7) is 4.15. The number of ketones is 1. The van der Waals surface area contributed by atoms with Crippen LogP contribution in [0.3, 0.4) is 0 Å². The van der Waals surface area contributed by atoms with Crippen molar-refractivity contribution in [2.75, 3.05) is 19.0 Å². The molecule has 2 rings (SSSR count). The molecule has 0 spiro atoms. The van der Waals surface area contributed by atoms with Crippen molar-refractivity contribution in [3.8, 4) is 0 Å². The van der Waals surface area contributed by atoms with Gasteiger partial charge in [-0.2, -0.15) is 0 Å². The van der Waals surface area contributed by atoms with Crippen molar-refractivity contribution in [1.82, 2.24) is 14.8 Å². The average molecular weight is 378 g/mol. The number of nitrogens with zero attached hydrogens (tertiary/aromatic N) is 2. The van der Waals surface area contributed by atoms with Crippen LogP contribution >= 0.6 is 11.8 Å². The van der Waals surface area contributed by atoms with Crippen molar-refractivity contribution >= 4 is 29.1 Å². The number of benzene rings is 1. The number of para-hydroxylation sites is 1. The third kappa shape index (κ3) is 5.06. The lowest BCUT2D eigenvalue weighted by molar-refractivity contribution is -0.115. The van der Waals surface area contributed by atoms with Crippen LogP contribution in [0, 0.1) is 0 Å². The maximum absolute atomic E-state index is 12.5. The average Bonchev–Trinajstić information content (AvgIpc) is 2.95. The minimum atomic E-state index is -0.508. The van der Waals surface area contributed by atoms with Gasteiger partial charge in [0.2, 0.25) is 5.91 Å². The van der Waals surface area contributed by atoms with Crippen molar-refractivity contribution in [2.24, 2.45) is 0 Å². The molecular weight excluding hydrogens is 356 g/mol. The Morgan fingerprint density at radius 3 is 2.81 bits per heavy atom. The lowest BCUT2D eigenvalue weighted by atomic mass is 10.1. The van der Waals surface area contributed by atoms with Crippen LogP contribution in [0.4, 0.5) is 5.69 Å². The molecule has 2 N–H and O–H groups in total. The highest BCUT2D eigenvalue weighted by Gasteiger charge is 2.20. The second-order valence-electron chi connectivity index (χ2n) is 5.66. The third-order valence-electron chi connectivity index (χ3n) is 3.67. The van der Waals surface area contributed by atoms with Gasteiger partial charge in [0.1, 0.15) is 0 Å². The third-order valence-corrected chi connectivity index (χ3v) is 4.76. The maximum Gasteiger partial charge on any atom is 0.343 e. The van der Waals surface area contributed by atoms with Gasteiger partial charge in [0.05, 0.1) is 10.9 Å². The molecule has 1 unspecified atom stereocenters. The van der Waals surface area contributed by atoms with E-state index in [9.17, 15) is 14.4 Å². The first kappa shape index (κ1) is 19.9. The Balaban J connectivity index is 2.06. The standard InChI is InChI=1S/C17H22N4O4S/c1-11(22)13-7-4-5-8-14(13)18-15(23)12(2)26-17-20-19-16(24)21(17)9-6-10-25-3/h4-5,7-8,12H,6,9-10H2,1-3H3,(H,18,23)(H,19,24). The molecule has 9 heteroatoms. The highest BCUT2D eigenvalue weighted by Crippen LogP contribution is 2.23. The van der Waals surface area contributed by atoms with Crippen molar-refractivity contribution in [3.05, 3.63) is 40.3 Å². The van der Waals surface area contributed by atoms with Gasteiger partial charge in [0, 0.05) is 25.8 Å². The first-order valence-electron chi connectivity index (χ1n) is 8.15. The molecule has 1 atom stereocenters. The number of H-pyrrole nitrogens is 1. The molecule has 140 valence electrons. The van der Waals surface area contributed by atoms with Gasteiger partial charge < -0.3 is 10.1 Å².